The zero-order valence-electron chi connectivity index (χ0n) is 11.4. The van der Waals surface area contributed by atoms with Crippen LogP contribution in [0.4, 0.5) is 0 Å². The van der Waals surface area contributed by atoms with Crippen LogP contribution in [0.5, 0.6) is 5.75 Å². The number of amides is 2. The van der Waals surface area contributed by atoms with E-state index in [1.807, 2.05) is 12.1 Å². The number of benzene rings is 1. The highest BCUT2D eigenvalue weighted by Gasteiger charge is 2.25. The fourth-order valence-electron chi connectivity index (χ4n) is 1.97. The van der Waals surface area contributed by atoms with Crippen molar-refractivity contribution in [1.82, 2.24) is 4.90 Å². The summed E-state index contributed by atoms with van der Waals surface area (Å²) in [7, 11) is 0. The number of rotatable bonds is 6. The Kier molecular flexibility index (Phi) is 5.24. The van der Waals surface area contributed by atoms with Crippen molar-refractivity contribution in [2.75, 3.05) is 26.4 Å². The molecule has 21 heavy (non-hydrogen) atoms. The Morgan fingerprint density at radius 1 is 1.29 bits per heavy atom. The van der Waals surface area contributed by atoms with E-state index in [2.05, 4.69) is 0 Å². The first-order chi connectivity index (χ1) is 10.1. The minimum Gasteiger partial charge on any atom is -0.493 e. The summed E-state index contributed by atoms with van der Waals surface area (Å²) in [6.07, 6.45) is 0.531. The van der Waals surface area contributed by atoms with Crippen molar-refractivity contribution in [3.8, 4) is 5.75 Å². The van der Waals surface area contributed by atoms with E-state index in [-0.39, 0.29) is 30.0 Å². The number of para-hydroxylation sites is 1. The molecule has 1 saturated heterocycles. The summed E-state index contributed by atoms with van der Waals surface area (Å²) < 4.78 is 10.5. The molecule has 1 aliphatic heterocycles. The maximum Gasteiger partial charge on any atom is 0.255 e. The molecule has 1 heterocycles. The summed E-state index contributed by atoms with van der Waals surface area (Å²) in [4.78, 5) is 24.5. The van der Waals surface area contributed by atoms with Gasteiger partial charge in [-0.05, 0) is 18.6 Å². The van der Waals surface area contributed by atoms with E-state index in [0.29, 0.717) is 30.9 Å². The number of carbonyl (C=O) groups excluding carboxylic acids is 2. The molecule has 0 saturated carbocycles. The Bertz CT molecular complexity index is 546. The number of ether oxygens (including phenoxy) is 2. The highest BCUT2D eigenvalue weighted by Crippen LogP contribution is 2.17. The van der Waals surface area contributed by atoms with Gasteiger partial charge in [0.05, 0.1) is 12.2 Å². The molecule has 0 radical (unpaired) electrons. The average Bonchev–Trinajstić information content (AvgIpc) is 2.46. The van der Waals surface area contributed by atoms with Crippen LogP contribution in [-0.4, -0.2) is 48.1 Å². The number of imide groups is 1. The molecule has 112 valence electrons. The van der Waals surface area contributed by atoms with Gasteiger partial charge in [-0.2, -0.15) is 0 Å². The third-order valence-corrected chi connectivity index (χ3v) is 3.21. The van der Waals surface area contributed by atoms with Crippen molar-refractivity contribution < 1.29 is 19.1 Å². The van der Waals surface area contributed by atoms with Crippen molar-refractivity contribution in [2.24, 2.45) is 5.73 Å². The molecule has 2 amide bonds. The monoisotopic (exact) mass is 308 g/mol. The number of carbonyl (C=O) groups is 2. The molecule has 1 aliphatic rings. The predicted molar refractivity (Wildman–Crippen MR) is 80.0 cm³/mol. The molecule has 1 fully saturated rings. The minimum atomic E-state index is -0.310. The van der Waals surface area contributed by atoms with E-state index in [1.165, 1.54) is 4.90 Å². The van der Waals surface area contributed by atoms with Crippen LogP contribution in [0, 0.1) is 0 Å². The molecule has 7 heteroatoms. The Labute approximate surface area is 127 Å². The maximum atomic E-state index is 11.5. The van der Waals surface area contributed by atoms with Gasteiger partial charge in [0.15, 0.2) is 0 Å². The van der Waals surface area contributed by atoms with Gasteiger partial charge in [0.25, 0.3) is 11.8 Å². The van der Waals surface area contributed by atoms with Crippen molar-refractivity contribution in [2.45, 2.75) is 6.42 Å². The van der Waals surface area contributed by atoms with Gasteiger partial charge in [-0.15, -0.1) is 0 Å². The summed E-state index contributed by atoms with van der Waals surface area (Å²) in [6, 6.07) is 7.21. The van der Waals surface area contributed by atoms with E-state index in [1.54, 1.807) is 12.1 Å². The summed E-state index contributed by atoms with van der Waals surface area (Å²) in [5.41, 5.74) is 6.28. The molecular formula is C14H16N2O4S. The largest absolute Gasteiger partial charge is 0.493 e. The van der Waals surface area contributed by atoms with Crippen LogP contribution in [0.2, 0.25) is 0 Å². The number of thiocarbonyl (C=S) groups is 1. The second kappa shape index (κ2) is 7.14. The fraction of sp³-hybridized carbons (Fsp3) is 0.357. The third kappa shape index (κ3) is 3.99. The van der Waals surface area contributed by atoms with Gasteiger partial charge >= 0.3 is 0 Å². The number of morpholine rings is 1. The molecule has 2 N–H and O–H groups in total. The van der Waals surface area contributed by atoms with E-state index in [0.717, 1.165) is 0 Å². The van der Waals surface area contributed by atoms with Crippen LogP contribution >= 0.6 is 12.2 Å². The third-order valence-electron chi connectivity index (χ3n) is 2.99. The molecular weight excluding hydrogens is 292 g/mol. The molecule has 0 aromatic heterocycles. The lowest BCUT2D eigenvalue weighted by Crippen LogP contribution is -2.46. The van der Waals surface area contributed by atoms with Gasteiger partial charge in [0.1, 0.15) is 24.0 Å². The van der Waals surface area contributed by atoms with Crippen LogP contribution in [0.3, 0.4) is 0 Å². The summed E-state index contributed by atoms with van der Waals surface area (Å²) in [6.45, 7) is 0.585. The molecule has 6 nitrogen and oxygen atoms in total. The second-order valence-electron chi connectivity index (χ2n) is 4.49. The van der Waals surface area contributed by atoms with Crippen molar-refractivity contribution in [1.29, 1.82) is 0 Å². The molecule has 2 rings (SSSR count). The van der Waals surface area contributed by atoms with Gasteiger partial charge in [0, 0.05) is 6.54 Å². The van der Waals surface area contributed by atoms with Gasteiger partial charge in [0.2, 0.25) is 0 Å². The van der Waals surface area contributed by atoms with Crippen LogP contribution in [0.25, 0.3) is 0 Å². The van der Waals surface area contributed by atoms with Crippen molar-refractivity contribution in [3.05, 3.63) is 29.8 Å². The smallest absolute Gasteiger partial charge is 0.255 e. The van der Waals surface area contributed by atoms with Crippen molar-refractivity contribution >= 4 is 29.0 Å². The average molecular weight is 308 g/mol. The Morgan fingerprint density at radius 2 is 1.95 bits per heavy atom. The van der Waals surface area contributed by atoms with Gasteiger partial charge in [-0.1, -0.05) is 24.4 Å². The highest BCUT2D eigenvalue weighted by atomic mass is 32.1. The lowest BCUT2D eigenvalue weighted by molar-refractivity contribution is -0.158. The molecule has 1 aromatic carbocycles. The number of nitrogens with two attached hydrogens (primary N) is 1. The predicted octanol–water partition coefficient (Wildman–Crippen LogP) is 0.475. The standard InChI is InChI=1S/C14H16N2O4S/c15-14(21)10-4-1-2-5-11(10)20-7-3-6-16-12(17)8-19-9-13(16)18/h1-2,4-5H,3,6-9H2,(H2,15,21). The van der Waals surface area contributed by atoms with Crippen LogP contribution in [0.15, 0.2) is 24.3 Å². The zero-order chi connectivity index (χ0) is 15.2. The second-order valence-corrected chi connectivity index (χ2v) is 4.93. The van der Waals surface area contributed by atoms with Gasteiger partial charge in [-0.3, -0.25) is 14.5 Å². The van der Waals surface area contributed by atoms with Crippen LogP contribution in [-0.2, 0) is 14.3 Å². The van der Waals surface area contributed by atoms with E-state index in [9.17, 15) is 9.59 Å². The van der Waals surface area contributed by atoms with Crippen LogP contribution < -0.4 is 10.5 Å². The molecule has 0 atom stereocenters. The molecule has 0 unspecified atom stereocenters. The fourth-order valence-corrected chi connectivity index (χ4v) is 2.14. The highest BCUT2D eigenvalue weighted by molar-refractivity contribution is 7.80. The SMILES string of the molecule is NC(=S)c1ccccc1OCCCN1C(=O)COCC1=O. The lowest BCUT2D eigenvalue weighted by atomic mass is 10.2. The zero-order valence-corrected chi connectivity index (χ0v) is 12.2. The number of hydrogen-bond donors (Lipinski definition) is 1. The molecule has 0 spiro atoms. The van der Waals surface area contributed by atoms with E-state index < -0.39 is 0 Å². The first-order valence-electron chi connectivity index (χ1n) is 6.52. The first kappa shape index (κ1) is 15.4. The van der Waals surface area contributed by atoms with E-state index >= 15 is 0 Å². The van der Waals surface area contributed by atoms with Gasteiger partial charge < -0.3 is 15.2 Å². The topological polar surface area (TPSA) is 81.9 Å². The minimum absolute atomic E-state index is 0.0448. The summed E-state index contributed by atoms with van der Waals surface area (Å²) >= 11 is 4.95. The number of hydrogen-bond acceptors (Lipinski definition) is 5. The van der Waals surface area contributed by atoms with E-state index in [4.69, 9.17) is 27.4 Å². The quantitative estimate of drug-likeness (QED) is 0.467. The Hall–Kier alpha value is -1.99. The normalized spacial score (nSPS) is 15.1. The lowest BCUT2D eigenvalue weighted by Gasteiger charge is -2.24. The molecule has 0 aliphatic carbocycles. The van der Waals surface area contributed by atoms with Gasteiger partial charge in [-0.25, -0.2) is 0 Å². The Balaban J connectivity index is 1.84. The molecule has 0 bridgehead atoms. The Morgan fingerprint density at radius 3 is 2.62 bits per heavy atom. The molecule has 1 aromatic rings. The summed E-state index contributed by atoms with van der Waals surface area (Å²) in [5.74, 6) is -0.0193. The summed E-state index contributed by atoms with van der Waals surface area (Å²) in [5, 5.41) is 0. The first-order valence-corrected chi connectivity index (χ1v) is 6.93. The van der Waals surface area contributed by atoms with Crippen molar-refractivity contribution in [3.63, 3.8) is 0 Å². The van der Waals surface area contributed by atoms with Crippen LogP contribution in [0.1, 0.15) is 12.0 Å². The number of nitrogens with zero attached hydrogens (tertiary/aromatic N) is 1. The maximum absolute atomic E-state index is 11.5.